The molecule has 0 aliphatic heterocycles. The molecule has 15 heavy (non-hydrogen) atoms. The van der Waals surface area contributed by atoms with Crippen molar-refractivity contribution in [3.8, 4) is 0 Å². The van der Waals surface area contributed by atoms with Crippen molar-refractivity contribution in [2.24, 2.45) is 0 Å². The average molecular weight is 223 g/mol. The summed E-state index contributed by atoms with van der Waals surface area (Å²) in [7, 11) is 0. The highest BCUT2D eigenvalue weighted by Crippen LogP contribution is 2.25. The van der Waals surface area contributed by atoms with E-state index in [1.165, 1.54) is 0 Å². The van der Waals surface area contributed by atoms with Crippen molar-refractivity contribution >= 4 is 17.2 Å². The maximum absolute atomic E-state index is 9.76. The van der Waals surface area contributed by atoms with E-state index in [-0.39, 0.29) is 0 Å². The Bertz CT molecular complexity index is 406. The highest BCUT2D eigenvalue weighted by Gasteiger charge is 2.21. The largest absolute Gasteiger partial charge is 0.386 e. The number of aliphatic hydroxyl groups excluding tert-OH is 2. The molecule has 3 heteroatoms. The van der Waals surface area contributed by atoms with Gasteiger partial charge in [0.1, 0.15) is 12.2 Å². The lowest BCUT2D eigenvalue weighted by Gasteiger charge is -2.21. The Morgan fingerprint density at radius 2 is 1.73 bits per heavy atom. The molecule has 0 saturated carbocycles. The summed E-state index contributed by atoms with van der Waals surface area (Å²) in [6, 6.07) is 7.16. The van der Waals surface area contributed by atoms with Gasteiger partial charge in [-0.3, -0.25) is 0 Å². The summed E-state index contributed by atoms with van der Waals surface area (Å²) in [4.78, 5) is 0. The summed E-state index contributed by atoms with van der Waals surface area (Å²) in [5, 5.41) is 19.9. The highest BCUT2D eigenvalue weighted by atomic mass is 35.5. The van der Waals surface area contributed by atoms with E-state index in [0.29, 0.717) is 10.6 Å². The molecule has 0 unspecified atom stereocenters. The van der Waals surface area contributed by atoms with Gasteiger partial charge in [0.15, 0.2) is 0 Å². The zero-order valence-electron chi connectivity index (χ0n) is 7.97. The molecule has 0 fully saturated rings. The van der Waals surface area contributed by atoms with E-state index >= 15 is 0 Å². The fraction of sp³-hybridized carbons (Fsp3) is 0.167. The topological polar surface area (TPSA) is 40.5 Å². The minimum atomic E-state index is -0.865. The molecule has 2 nitrogen and oxygen atoms in total. The number of allylic oxidation sites excluding steroid dienone is 2. The molecule has 0 heterocycles. The molecule has 0 saturated heterocycles. The second-order valence-corrected chi connectivity index (χ2v) is 3.89. The number of hydrogen-bond donors (Lipinski definition) is 2. The van der Waals surface area contributed by atoms with E-state index in [9.17, 15) is 10.2 Å². The van der Waals surface area contributed by atoms with E-state index in [2.05, 4.69) is 0 Å². The van der Waals surface area contributed by atoms with Gasteiger partial charge in [-0.25, -0.2) is 0 Å². The second kappa shape index (κ2) is 4.19. The number of rotatable bonds is 1. The van der Waals surface area contributed by atoms with Crippen LogP contribution in [0.25, 0.3) is 5.57 Å². The third-order valence-corrected chi connectivity index (χ3v) is 2.66. The fourth-order valence-corrected chi connectivity index (χ4v) is 1.70. The van der Waals surface area contributed by atoms with Crippen LogP contribution in [0.1, 0.15) is 5.56 Å². The summed E-state index contributed by atoms with van der Waals surface area (Å²) >= 11 is 5.77. The quantitative estimate of drug-likeness (QED) is 0.763. The molecule has 2 N–H and O–H groups in total. The first-order valence-corrected chi connectivity index (χ1v) is 5.07. The van der Waals surface area contributed by atoms with Gasteiger partial charge in [-0.05, 0) is 23.3 Å². The third kappa shape index (κ3) is 2.12. The monoisotopic (exact) mass is 222 g/mol. The van der Waals surface area contributed by atoms with Crippen molar-refractivity contribution in [3.05, 3.63) is 53.1 Å². The van der Waals surface area contributed by atoms with Gasteiger partial charge in [0, 0.05) is 5.02 Å². The third-order valence-electron chi connectivity index (χ3n) is 2.40. The molecule has 1 aromatic rings. The van der Waals surface area contributed by atoms with E-state index < -0.39 is 12.2 Å². The summed E-state index contributed by atoms with van der Waals surface area (Å²) in [5.74, 6) is 0. The fourth-order valence-electron chi connectivity index (χ4n) is 1.57. The molecule has 2 rings (SSSR count). The van der Waals surface area contributed by atoms with Crippen LogP contribution in [-0.4, -0.2) is 22.4 Å². The number of hydrogen-bond acceptors (Lipinski definition) is 2. The minimum absolute atomic E-state index is 0.653. The molecule has 0 bridgehead atoms. The smallest absolute Gasteiger partial charge is 0.109 e. The Morgan fingerprint density at radius 1 is 1.07 bits per heavy atom. The molecule has 1 aliphatic carbocycles. The first-order chi connectivity index (χ1) is 7.18. The number of halogens is 1. The van der Waals surface area contributed by atoms with Crippen molar-refractivity contribution in [3.63, 3.8) is 0 Å². The van der Waals surface area contributed by atoms with Crippen molar-refractivity contribution in [1.82, 2.24) is 0 Å². The lowest BCUT2D eigenvalue weighted by Crippen LogP contribution is -2.26. The molecule has 2 atom stereocenters. The van der Waals surface area contributed by atoms with Crippen molar-refractivity contribution in [2.45, 2.75) is 12.2 Å². The van der Waals surface area contributed by atoms with Gasteiger partial charge in [0.2, 0.25) is 0 Å². The van der Waals surface area contributed by atoms with Gasteiger partial charge in [-0.2, -0.15) is 0 Å². The van der Waals surface area contributed by atoms with Gasteiger partial charge >= 0.3 is 0 Å². The molecule has 0 aromatic heterocycles. The zero-order valence-corrected chi connectivity index (χ0v) is 8.72. The molecule has 0 amide bonds. The molecule has 78 valence electrons. The molecule has 0 spiro atoms. The van der Waals surface area contributed by atoms with E-state index in [0.717, 1.165) is 5.56 Å². The van der Waals surface area contributed by atoms with Gasteiger partial charge in [0.25, 0.3) is 0 Å². The lowest BCUT2D eigenvalue weighted by atomic mass is 9.93. The average Bonchev–Trinajstić information content (AvgIpc) is 2.24. The molecular weight excluding hydrogens is 212 g/mol. The van der Waals surface area contributed by atoms with Crippen LogP contribution in [-0.2, 0) is 0 Å². The SMILES string of the molecule is O[C@@H]1C(c2ccc(Cl)cc2)=CC=C[C@@H]1O. The van der Waals surface area contributed by atoms with Crippen LogP contribution in [0.5, 0.6) is 0 Å². The summed E-state index contributed by atoms with van der Waals surface area (Å²) in [6.07, 6.45) is 3.39. The first-order valence-electron chi connectivity index (χ1n) is 4.69. The van der Waals surface area contributed by atoms with Gasteiger partial charge in [-0.15, -0.1) is 0 Å². The van der Waals surface area contributed by atoms with Gasteiger partial charge in [-0.1, -0.05) is 42.0 Å². The standard InChI is InChI=1S/C12H11ClO2/c13-9-6-4-8(5-7-9)10-2-1-3-11(14)12(10)15/h1-7,11-12,14-15H/t11-,12+/m0/s1. The molecule has 1 aromatic carbocycles. The van der Waals surface area contributed by atoms with Crippen LogP contribution in [0.3, 0.4) is 0 Å². The Hall–Kier alpha value is -1.09. The minimum Gasteiger partial charge on any atom is -0.386 e. The van der Waals surface area contributed by atoms with Gasteiger partial charge in [0.05, 0.1) is 0 Å². The highest BCUT2D eigenvalue weighted by molar-refractivity contribution is 6.30. The summed E-state index contributed by atoms with van der Waals surface area (Å²) in [5.41, 5.74) is 1.58. The van der Waals surface area contributed by atoms with Crippen LogP contribution < -0.4 is 0 Å². The predicted molar refractivity (Wildman–Crippen MR) is 60.6 cm³/mol. The van der Waals surface area contributed by atoms with Crippen LogP contribution in [0.2, 0.25) is 5.02 Å². The first kappa shape index (κ1) is 10.4. The zero-order chi connectivity index (χ0) is 10.8. The predicted octanol–water partition coefficient (Wildman–Crippen LogP) is 2.02. The van der Waals surface area contributed by atoms with Crippen molar-refractivity contribution in [2.75, 3.05) is 0 Å². The maximum atomic E-state index is 9.76. The van der Waals surface area contributed by atoms with Crippen LogP contribution in [0.15, 0.2) is 42.5 Å². The maximum Gasteiger partial charge on any atom is 0.109 e. The lowest BCUT2D eigenvalue weighted by molar-refractivity contribution is 0.0859. The van der Waals surface area contributed by atoms with Crippen molar-refractivity contribution < 1.29 is 10.2 Å². The normalized spacial score (nSPS) is 25.1. The Labute approximate surface area is 93.1 Å². The van der Waals surface area contributed by atoms with Crippen LogP contribution in [0, 0.1) is 0 Å². The number of benzene rings is 1. The van der Waals surface area contributed by atoms with E-state index in [4.69, 9.17) is 11.6 Å². The van der Waals surface area contributed by atoms with E-state index in [1.807, 2.05) is 12.1 Å². The second-order valence-electron chi connectivity index (χ2n) is 3.45. The summed E-state index contributed by atoms with van der Waals surface area (Å²) < 4.78 is 0. The van der Waals surface area contributed by atoms with Crippen LogP contribution >= 0.6 is 11.6 Å². The molecule has 1 aliphatic rings. The van der Waals surface area contributed by atoms with Crippen LogP contribution in [0.4, 0.5) is 0 Å². The molecular formula is C12H11ClO2. The Morgan fingerprint density at radius 3 is 2.40 bits per heavy atom. The Balaban J connectivity index is 2.34. The van der Waals surface area contributed by atoms with E-state index in [1.54, 1.807) is 30.4 Å². The summed E-state index contributed by atoms with van der Waals surface area (Å²) in [6.45, 7) is 0. The number of aliphatic hydroxyl groups is 2. The molecule has 0 radical (unpaired) electrons. The van der Waals surface area contributed by atoms with Crippen molar-refractivity contribution in [1.29, 1.82) is 0 Å². The van der Waals surface area contributed by atoms with Gasteiger partial charge < -0.3 is 10.2 Å². The Kier molecular flexibility index (Phi) is 2.91.